The van der Waals surface area contributed by atoms with E-state index >= 15 is 0 Å². The number of hydrogen-bond acceptors (Lipinski definition) is 4. The molecule has 1 atom stereocenters. The van der Waals surface area contributed by atoms with Crippen molar-refractivity contribution in [3.8, 4) is 5.69 Å². The Balaban J connectivity index is 1.82. The van der Waals surface area contributed by atoms with Crippen LogP contribution in [0.4, 0.5) is 4.39 Å². The molecule has 8 heteroatoms. The van der Waals surface area contributed by atoms with Crippen LogP contribution in [0.3, 0.4) is 0 Å². The van der Waals surface area contributed by atoms with Crippen molar-refractivity contribution < 1.29 is 17.5 Å². The van der Waals surface area contributed by atoms with Crippen molar-refractivity contribution in [2.24, 2.45) is 0 Å². The molecule has 25 heavy (non-hydrogen) atoms. The van der Waals surface area contributed by atoms with E-state index in [-0.39, 0.29) is 22.2 Å². The normalized spacial score (nSPS) is 20.6. The van der Waals surface area contributed by atoms with Crippen LogP contribution < -0.4 is 4.72 Å². The molecule has 0 spiro atoms. The predicted molar refractivity (Wildman–Crippen MR) is 91.6 cm³/mol. The van der Waals surface area contributed by atoms with Crippen molar-refractivity contribution in [2.45, 2.75) is 50.2 Å². The molecule has 0 amide bonds. The van der Waals surface area contributed by atoms with Crippen molar-refractivity contribution in [3.63, 3.8) is 0 Å². The molecule has 136 valence electrons. The third-order valence-electron chi connectivity index (χ3n) is 4.21. The molecule has 3 rings (SSSR count). The Morgan fingerprint density at radius 3 is 2.76 bits per heavy atom. The Labute approximate surface area is 147 Å². The fourth-order valence-electron chi connectivity index (χ4n) is 3.01. The zero-order chi connectivity index (χ0) is 18.2. The number of ether oxygens (including phenoxy) is 1. The SMILES string of the molecule is Cc1cnn(-c2ccc(S(=O)(=O)NC3CCOC(C)(C)C3)cc2F)c1. The second kappa shape index (κ2) is 6.51. The summed E-state index contributed by atoms with van der Waals surface area (Å²) >= 11 is 0. The lowest BCUT2D eigenvalue weighted by atomic mass is 9.95. The van der Waals surface area contributed by atoms with Gasteiger partial charge in [0.05, 0.1) is 16.7 Å². The number of benzene rings is 1. The van der Waals surface area contributed by atoms with Crippen LogP contribution in [-0.2, 0) is 14.8 Å². The van der Waals surface area contributed by atoms with Gasteiger partial charge in [0.25, 0.3) is 0 Å². The molecule has 1 unspecified atom stereocenters. The van der Waals surface area contributed by atoms with Gasteiger partial charge in [-0.05, 0) is 57.4 Å². The summed E-state index contributed by atoms with van der Waals surface area (Å²) in [5, 5.41) is 4.05. The van der Waals surface area contributed by atoms with Crippen LogP contribution in [0, 0.1) is 12.7 Å². The highest BCUT2D eigenvalue weighted by atomic mass is 32.2. The Morgan fingerprint density at radius 1 is 1.40 bits per heavy atom. The molecule has 1 aliphatic rings. The van der Waals surface area contributed by atoms with Crippen LogP contribution in [0.25, 0.3) is 5.69 Å². The van der Waals surface area contributed by atoms with Gasteiger partial charge >= 0.3 is 0 Å². The molecule has 1 N–H and O–H groups in total. The van der Waals surface area contributed by atoms with Gasteiger partial charge in [-0.2, -0.15) is 5.10 Å². The molecule has 0 saturated carbocycles. The van der Waals surface area contributed by atoms with E-state index in [1.165, 1.54) is 16.8 Å². The van der Waals surface area contributed by atoms with Crippen molar-refractivity contribution in [3.05, 3.63) is 42.0 Å². The van der Waals surface area contributed by atoms with Crippen molar-refractivity contribution in [2.75, 3.05) is 6.61 Å². The first kappa shape index (κ1) is 18.0. The minimum atomic E-state index is -3.80. The number of aromatic nitrogens is 2. The van der Waals surface area contributed by atoms with E-state index in [1.54, 1.807) is 12.4 Å². The van der Waals surface area contributed by atoms with Crippen molar-refractivity contribution >= 4 is 10.0 Å². The number of sulfonamides is 1. The monoisotopic (exact) mass is 367 g/mol. The summed E-state index contributed by atoms with van der Waals surface area (Å²) in [5.74, 6) is -0.640. The molecule has 1 fully saturated rings. The molecule has 1 saturated heterocycles. The highest BCUT2D eigenvalue weighted by molar-refractivity contribution is 7.89. The average Bonchev–Trinajstić information content (AvgIpc) is 2.92. The van der Waals surface area contributed by atoms with Gasteiger partial charge < -0.3 is 4.74 Å². The lowest BCUT2D eigenvalue weighted by Gasteiger charge is -2.35. The van der Waals surface area contributed by atoms with Gasteiger partial charge in [-0.15, -0.1) is 0 Å². The zero-order valence-corrected chi connectivity index (χ0v) is 15.3. The number of rotatable bonds is 4. The molecule has 2 aromatic rings. The van der Waals surface area contributed by atoms with Crippen LogP contribution in [0.5, 0.6) is 0 Å². The number of nitrogens with zero attached hydrogens (tertiary/aromatic N) is 2. The topological polar surface area (TPSA) is 73.2 Å². The van der Waals surface area contributed by atoms with Crippen molar-refractivity contribution in [1.82, 2.24) is 14.5 Å². The van der Waals surface area contributed by atoms with E-state index in [0.717, 1.165) is 11.6 Å². The van der Waals surface area contributed by atoms with E-state index < -0.39 is 15.8 Å². The highest BCUT2D eigenvalue weighted by Crippen LogP contribution is 2.26. The third kappa shape index (κ3) is 4.08. The molecule has 2 heterocycles. The standard InChI is InChI=1S/C17H22FN3O3S/c1-12-10-19-21(11-12)16-5-4-14(8-15(16)18)25(22,23)20-13-6-7-24-17(2,3)9-13/h4-5,8,10-11,13,20H,6-7,9H2,1-3H3. The smallest absolute Gasteiger partial charge is 0.240 e. The van der Waals surface area contributed by atoms with Crippen LogP contribution in [0.1, 0.15) is 32.3 Å². The van der Waals surface area contributed by atoms with Gasteiger partial charge in [0.15, 0.2) is 0 Å². The van der Waals surface area contributed by atoms with E-state index in [9.17, 15) is 12.8 Å². The van der Waals surface area contributed by atoms with E-state index in [4.69, 9.17) is 4.74 Å². The van der Waals surface area contributed by atoms with Crippen molar-refractivity contribution in [1.29, 1.82) is 0 Å². The summed E-state index contributed by atoms with van der Waals surface area (Å²) in [7, 11) is -3.80. The lowest BCUT2D eigenvalue weighted by Crippen LogP contribution is -2.45. The molecular formula is C17H22FN3O3S. The Kier molecular flexibility index (Phi) is 4.70. The second-order valence-electron chi connectivity index (χ2n) is 6.99. The van der Waals surface area contributed by atoms with Gasteiger partial charge in [0.2, 0.25) is 10.0 Å². The van der Waals surface area contributed by atoms with Gasteiger partial charge in [0.1, 0.15) is 11.5 Å². The molecule has 6 nitrogen and oxygen atoms in total. The summed E-state index contributed by atoms with van der Waals surface area (Å²) < 4.78 is 49.2. The maximum atomic E-state index is 14.4. The second-order valence-corrected chi connectivity index (χ2v) is 8.71. The summed E-state index contributed by atoms with van der Waals surface area (Å²) in [6.45, 7) is 6.19. The molecule has 1 aromatic carbocycles. The van der Waals surface area contributed by atoms with Crippen LogP contribution >= 0.6 is 0 Å². The third-order valence-corrected chi connectivity index (χ3v) is 5.73. The summed E-state index contributed by atoms with van der Waals surface area (Å²) in [4.78, 5) is -0.0954. The van der Waals surface area contributed by atoms with Gasteiger partial charge in [0, 0.05) is 18.8 Å². The molecule has 1 aliphatic heterocycles. The van der Waals surface area contributed by atoms with Gasteiger partial charge in [-0.3, -0.25) is 0 Å². The summed E-state index contributed by atoms with van der Waals surface area (Å²) in [6.07, 6.45) is 4.45. The summed E-state index contributed by atoms with van der Waals surface area (Å²) in [6, 6.07) is 3.61. The molecular weight excluding hydrogens is 345 g/mol. The fraction of sp³-hybridized carbons (Fsp3) is 0.471. The van der Waals surface area contributed by atoms with Crippen LogP contribution in [0.2, 0.25) is 0 Å². The first-order valence-electron chi connectivity index (χ1n) is 8.14. The van der Waals surface area contributed by atoms with E-state index in [1.807, 2.05) is 20.8 Å². The Hall–Kier alpha value is -1.77. The van der Waals surface area contributed by atoms with E-state index in [2.05, 4.69) is 9.82 Å². The largest absolute Gasteiger partial charge is 0.375 e. The minimum absolute atomic E-state index is 0.0954. The molecule has 0 radical (unpaired) electrons. The molecule has 0 aliphatic carbocycles. The van der Waals surface area contributed by atoms with E-state index in [0.29, 0.717) is 19.4 Å². The van der Waals surface area contributed by atoms with Crippen LogP contribution in [0.15, 0.2) is 35.5 Å². The zero-order valence-electron chi connectivity index (χ0n) is 14.5. The Bertz CT molecular complexity index is 877. The number of aryl methyl sites for hydroxylation is 1. The number of halogens is 1. The minimum Gasteiger partial charge on any atom is -0.375 e. The quantitative estimate of drug-likeness (QED) is 0.901. The van der Waals surface area contributed by atoms with Gasteiger partial charge in [-0.25, -0.2) is 22.2 Å². The first-order chi connectivity index (χ1) is 11.7. The Morgan fingerprint density at radius 2 is 2.16 bits per heavy atom. The molecule has 0 bridgehead atoms. The number of hydrogen-bond donors (Lipinski definition) is 1. The average molecular weight is 367 g/mol. The molecule has 1 aromatic heterocycles. The van der Waals surface area contributed by atoms with Gasteiger partial charge in [-0.1, -0.05) is 0 Å². The highest BCUT2D eigenvalue weighted by Gasteiger charge is 2.31. The lowest BCUT2D eigenvalue weighted by molar-refractivity contribution is -0.0599. The first-order valence-corrected chi connectivity index (χ1v) is 9.62. The number of nitrogens with one attached hydrogen (secondary N) is 1. The maximum Gasteiger partial charge on any atom is 0.240 e. The summed E-state index contributed by atoms with van der Waals surface area (Å²) in [5.41, 5.74) is 0.720. The predicted octanol–water partition coefficient (Wildman–Crippen LogP) is 2.56. The fourth-order valence-corrected chi connectivity index (χ4v) is 4.29. The maximum absolute atomic E-state index is 14.4. The van der Waals surface area contributed by atoms with Crippen LogP contribution in [-0.4, -0.2) is 36.4 Å².